The lowest BCUT2D eigenvalue weighted by Crippen LogP contribution is -2.45. The molecule has 1 heterocycles. The summed E-state index contributed by atoms with van der Waals surface area (Å²) in [5.41, 5.74) is 5.75. The Morgan fingerprint density at radius 3 is 2.56 bits per heavy atom. The molecule has 2 nitrogen and oxygen atoms in total. The average molecular weight is 128 g/mol. The van der Waals surface area contributed by atoms with E-state index in [1.165, 1.54) is 12.8 Å². The number of likely N-dealkylation sites (N-methyl/N-ethyl adjacent to an activating group) is 1. The summed E-state index contributed by atoms with van der Waals surface area (Å²) in [6.07, 6.45) is 2.46. The molecule has 0 aliphatic carbocycles. The first kappa shape index (κ1) is 7.03. The van der Waals surface area contributed by atoms with Gasteiger partial charge in [-0.2, -0.15) is 0 Å². The van der Waals surface area contributed by atoms with Gasteiger partial charge in [-0.3, -0.25) is 0 Å². The van der Waals surface area contributed by atoms with Gasteiger partial charge in [0, 0.05) is 18.6 Å². The van der Waals surface area contributed by atoms with Crippen LogP contribution < -0.4 is 5.73 Å². The SMILES string of the molecule is CC1CCC(N)CN1C. The lowest BCUT2D eigenvalue weighted by molar-refractivity contribution is 0.182. The Morgan fingerprint density at radius 2 is 2.11 bits per heavy atom. The van der Waals surface area contributed by atoms with Crippen LogP contribution in [0.1, 0.15) is 19.8 Å². The number of hydrogen-bond acceptors (Lipinski definition) is 2. The van der Waals surface area contributed by atoms with Gasteiger partial charge in [-0.1, -0.05) is 0 Å². The molecule has 0 saturated carbocycles. The maximum absolute atomic E-state index is 5.75. The molecule has 2 unspecified atom stereocenters. The third-order valence-corrected chi connectivity index (χ3v) is 2.23. The van der Waals surface area contributed by atoms with E-state index in [9.17, 15) is 0 Å². The van der Waals surface area contributed by atoms with Gasteiger partial charge in [0.15, 0.2) is 0 Å². The highest BCUT2D eigenvalue weighted by Gasteiger charge is 2.18. The van der Waals surface area contributed by atoms with E-state index < -0.39 is 0 Å². The van der Waals surface area contributed by atoms with Crippen molar-refractivity contribution in [2.75, 3.05) is 13.6 Å². The van der Waals surface area contributed by atoms with Crippen molar-refractivity contribution in [1.82, 2.24) is 4.90 Å². The molecule has 0 radical (unpaired) electrons. The first-order valence-corrected chi connectivity index (χ1v) is 3.66. The number of hydrogen-bond donors (Lipinski definition) is 1. The van der Waals surface area contributed by atoms with Gasteiger partial charge in [0.1, 0.15) is 0 Å². The molecule has 0 spiro atoms. The van der Waals surface area contributed by atoms with Gasteiger partial charge in [-0.15, -0.1) is 0 Å². The van der Waals surface area contributed by atoms with E-state index in [0.29, 0.717) is 6.04 Å². The van der Waals surface area contributed by atoms with Gasteiger partial charge in [0.2, 0.25) is 0 Å². The summed E-state index contributed by atoms with van der Waals surface area (Å²) in [5, 5.41) is 0. The van der Waals surface area contributed by atoms with E-state index in [2.05, 4.69) is 18.9 Å². The highest BCUT2D eigenvalue weighted by Crippen LogP contribution is 2.12. The second-order valence-electron chi connectivity index (χ2n) is 3.13. The lowest BCUT2D eigenvalue weighted by atomic mass is 10.0. The van der Waals surface area contributed by atoms with Gasteiger partial charge in [0.25, 0.3) is 0 Å². The van der Waals surface area contributed by atoms with Crippen LogP contribution in [0, 0.1) is 0 Å². The lowest BCUT2D eigenvalue weighted by Gasteiger charge is -2.33. The van der Waals surface area contributed by atoms with Crippen LogP contribution in [0.5, 0.6) is 0 Å². The number of nitrogens with two attached hydrogens (primary N) is 1. The van der Waals surface area contributed by atoms with E-state index in [4.69, 9.17) is 5.73 Å². The molecule has 0 aromatic rings. The topological polar surface area (TPSA) is 29.3 Å². The molecule has 2 heteroatoms. The van der Waals surface area contributed by atoms with E-state index in [1.54, 1.807) is 0 Å². The van der Waals surface area contributed by atoms with Gasteiger partial charge < -0.3 is 10.6 Å². The quantitative estimate of drug-likeness (QED) is 0.512. The summed E-state index contributed by atoms with van der Waals surface area (Å²) in [6, 6.07) is 1.16. The second kappa shape index (κ2) is 2.67. The van der Waals surface area contributed by atoms with Crippen molar-refractivity contribution in [2.24, 2.45) is 5.73 Å². The van der Waals surface area contributed by atoms with Crippen molar-refractivity contribution in [3.05, 3.63) is 0 Å². The molecule has 1 fully saturated rings. The summed E-state index contributed by atoms with van der Waals surface area (Å²) in [5.74, 6) is 0. The number of likely N-dealkylation sites (tertiary alicyclic amines) is 1. The Kier molecular flexibility index (Phi) is 2.09. The molecule has 1 rings (SSSR count). The van der Waals surface area contributed by atoms with Gasteiger partial charge in [0.05, 0.1) is 0 Å². The Labute approximate surface area is 57.0 Å². The molecule has 0 aromatic heterocycles. The van der Waals surface area contributed by atoms with Crippen LogP contribution in [-0.4, -0.2) is 30.6 Å². The third kappa shape index (κ3) is 1.66. The zero-order valence-corrected chi connectivity index (χ0v) is 6.30. The first-order valence-electron chi connectivity index (χ1n) is 3.66. The van der Waals surface area contributed by atoms with Crippen LogP contribution in [-0.2, 0) is 0 Å². The van der Waals surface area contributed by atoms with Crippen molar-refractivity contribution >= 4 is 0 Å². The van der Waals surface area contributed by atoms with E-state index in [-0.39, 0.29) is 0 Å². The summed E-state index contributed by atoms with van der Waals surface area (Å²) >= 11 is 0. The standard InChI is InChI=1S/C7H16N2/c1-6-3-4-7(8)5-9(6)2/h6-7H,3-5,8H2,1-2H3. The van der Waals surface area contributed by atoms with Crippen LogP contribution in [0.2, 0.25) is 0 Å². The van der Waals surface area contributed by atoms with Gasteiger partial charge in [-0.05, 0) is 26.8 Å². The molecule has 1 saturated heterocycles. The maximum Gasteiger partial charge on any atom is 0.0168 e. The number of piperidine rings is 1. The molecule has 2 N–H and O–H groups in total. The Balaban J connectivity index is 2.35. The van der Waals surface area contributed by atoms with E-state index >= 15 is 0 Å². The fraction of sp³-hybridized carbons (Fsp3) is 1.00. The van der Waals surface area contributed by atoms with Crippen molar-refractivity contribution in [1.29, 1.82) is 0 Å². The predicted molar refractivity (Wildman–Crippen MR) is 39.3 cm³/mol. The monoisotopic (exact) mass is 128 g/mol. The van der Waals surface area contributed by atoms with E-state index in [0.717, 1.165) is 12.6 Å². The fourth-order valence-corrected chi connectivity index (χ4v) is 1.32. The van der Waals surface area contributed by atoms with Gasteiger partial charge >= 0.3 is 0 Å². The molecular formula is C7H16N2. The normalized spacial score (nSPS) is 39.0. The molecule has 54 valence electrons. The minimum Gasteiger partial charge on any atom is -0.327 e. The first-order chi connectivity index (χ1) is 4.20. The van der Waals surface area contributed by atoms with Crippen LogP contribution >= 0.6 is 0 Å². The molecule has 0 bridgehead atoms. The smallest absolute Gasteiger partial charge is 0.0168 e. The minimum absolute atomic E-state index is 0.422. The van der Waals surface area contributed by atoms with Crippen molar-refractivity contribution in [2.45, 2.75) is 31.8 Å². The molecular weight excluding hydrogens is 112 g/mol. The Bertz CT molecular complexity index is 92.9. The Morgan fingerprint density at radius 1 is 1.44 bits per heavy atom. The number of nitrogens with zero attached hydrogens (tertiary/aromatic N) is 1. The Hall–Kier alpha value is -0.0800. The highest BCUT2D eigenvalue weighted by atomic mass is 15.1. The largest absolute Gasteiger partial charge is 0.327 e. The zero-order chi connectivity index (χ0) is 6.85. The van der Waals surface area contributed by atoms with Crippen LogP contribution in [0.25, 0.3) is 0 Å². The predicted octanol–water partition coefficient (Wildman–Crippen LogP) is 0.428. The van der Waals surface area contributed by atoms with Crippen molar-refractivity contribution < 1.29 is 0 Å². The fourth-order valence-electron chi connectivity index (χ4n) is 1.32. The second-order valence-corrected chi connectivity index (χ2v) is 3.13. The van der Waals surface area contributed by atoms with Gasteiger partial charge in [-0.25, -0.2) is 0 Å². The summed E-state index contributed by atoms with van der Waals surface area (Å²) in [7, 11) is 2.14. The van der Waals surface area contributed by atoms with Crippen LogP contribution in [0.3, 0.4) is 0 Å². The molecule has 0 amide bonds. The minimum atomic E-state index is 0.422. The molecule has 1 aliphatic rings. The van der Waals surface area contributed by atoms with Crippen LogP contribution in [0.15, 0.2) is 0 Å². The van der Waals surface area contributed by atoms with Crippen molar-refractivity contribution in [3.63, 3.8) is 0 Å². The summed E-state index contributed by atoms with van der Waals surface area (Å²) in [4.78, 5) is 2.33. The summed E-state index contributed by atoms with van der Waals surface area (Å²) < 4.78 is 0. The molecule has 2 atom stereocenters. The molecule has 0 aromatic carbocycles. The van der Waals surface area contributed by atoms with Crippen molar-refractivity contribution in [3.8, 4) is 0 Å². The number of rotatable bonds is 0. The third-order valence-electron chi connectivity index (χ3n) is 2.23. The summed E-state index contributed by atoms with van der Waals surface area (Å²) in [6.45, 7) is 3.33. The maximum atomic E-state index is 5.75. The molecule has 9 heavy (non-hydrogen) atoms. The average Bonchev–Trinajstić information content (AvgIpc) is 1.80. The zero-order valence-electron chi connectivity index (χ0n) is 6.30. The van der Waals surface area contributed by atoms with Crippen LogP contribution in [0.4, 0.5) is 0 Å². The van der Waals surface area contributed by atoms with E-state index in [1.807, 2.05) is 0 Å². The molecule has 1 aliphatic heterocycles. The highest BCUT2D eigenvalue weighted by molar-refractivity contribution is 4.77.